The zero-order chi connectivity index (χ0) is 20.0. The summed E-state index contributed by atoms with van der Waals surface area (Å²) in [5.74, 6) is 3.70. The van der Waals surface area contributed by atoms with E-state index in [0.717, 1.165) is 43.5 Å². The van der Waals surface area contributed by atoms with Gasteiger partial charge in [0, 0.05) is 5.56 Å². The minimum absolute atomic E-state index is 0.637. The third kappa shape index (κ3) is 8.05. The second-order valence-corrected chi connectivity index (χ2v) is 8.67. The molecular weight excluding hydrogens is 344 g/mol. The molecule has 1 aliphatic rings. The molecule has 2 nitrogen and oxygen atoms in total. The van der Waals surface area contributed by atoms with Crippen LogP contribution in [0, 0.1) is 5.92 Å². The summed E-state index contributed by atoms with van der Waals surface area (Å²) in [6, 6.07) is 6.54. The summed E-state index contributed by atoms with van der Waals surface area (Å²) < 4.78 is 12.2. The van der Waals surface area contributed by atoms with E-state index in [0.29, 0.717) is 5.92 Å². The zero-order valence-corrected chi connectivity index (χ0v) is 18.8. The van der Waals surface area contributed by atoms with E-state index in [9.17, 15) is 0 Å². The van der Waals surface area contributed by atoms with Gasteiger partial charge < -0.3 is 9.47 Å². The van der Waals surface area contributed by atoms with Crippen molar-refractivity contribution in [3.8, 4) is 11.5 Å². The van der Waals surface area contributed by atoms with Crippen molar-refractivity contribution in [2.24, 2.45) is 5.92 Å². The van der Waals surface area contributed by atoms with Gasteiger partial charge in [-0.15, -0.1) is 0 Å². The van der Waals surface area contributed by atoms with Gasteiger partial charge in [0.05, 0.1) is 13.2 Å². The standard InChI is InChI=1S/C26H44O2/c1-4-7-9-11-20-27-24-17-18-26(28-19-6-3)25(21-24)23-15-13-22(14-16-23)12-10-8-5-2/h17-18,21-23H,4-16,19-20H2,1-3H3. The van der Waals surface area contributed by atoms with Crippen LogP contribution in [-0.4, -0.2) is 13.2 Å². The molecule has 0 amide bonds. The molecular formula is C26H44O2. The Balaban J connectivity index is 1.94. The summed E-state index contributed by atoms with van der Waals surface area (Å²) in [6.45, 7) is 8.36. The van der Waals surface area contributed by atoms with E-state index in [1.54, 1.807) is 0 Å². The van der Waals surface area contributed by atoms with Crippen LogP contribution >= 0.6 is 0 Å². The molecule has 0 spiro atoms. The van der Waals surface area contributed by atoms with E-state index in [2.05, 4.69) is 39.0 Å². The van der Waals surface area contributed by atoms with E-state index >= 15 is 0 Å². The Hall–Kier alpha value is -1.18. The molecule has 1 fully saturated rings. The highest BCUT2D eigenvalue weighted by Crippen LogP contribution is 2.42. The van der Waals surface area contributed by atoms with E-state index in [1.165, 1.54) is 76.2 Å². The molecule has 0 N–H and O–H groups in total. The van der Waals surface area contributed by atoms with Gasteiger partial charge in [0.15, 0.2) is 0 Å². The molecule has 0 radical (unpaired) electrons. The van der Waals surface area contributed by atoms with Gasteiger partial charge in [-0.1, -0.05) is 65.7 Å². The lowest BCUT2D eigenvalue weighted by molar-refractivity contribution is 0.280. The van der Waals surface area contributed by atoms with E-state index < -0.39 is 0 Å². The highest BCUT2D eigenvalue weighted by atomic mass is 16.5. The van der Waals surface area contributed by atoms with Gasteiger partial charge in [-0.25, -0.2) is 0 Å². The second kappa shape index (κ2) is 13.9. The van der Waals surface area contributed by atoms with Crippen molar-refractivity contribution in [1.82, 2.24) is 0 Å². The molecule has 1 aromatic rings. The maximum absolute atomic E-state index is 6.10. The largest absolute Gasteiger partial charge is 0.494 e. The Kier molecular flexibility index (Phi) is 11.5. The van der Waals surface area contributed by atoms with Gasteiger partial charge in [-0.05, 0) is 68.6 Å². The lowest BCUT2D eigenvalue weighted by Crippen LogP contribution is -2.14. The summed E-state index contributed by atoms with van der Waals surface area (Å²) in [7, 11) is 0. The normalized spacial score (nSPS) is 19.5. The summed E-state index contributed by atoms with van der Waals surface area (Å²) in [6.07, 6.45) is 17.0. The SMILES string of the molecule is CCCCCCOc1ccc(OCCC)c(C2CCC(CCCCC)CC2)c1. The van der Waals surface area contributed by atoms with Crippen LogP contribution in [0.2, 0.25) is 0 Å². The molecule has 160 valence electrons. The van der Waals surface area contributed by atoms with E-state index in [1.807, 2.05) is 0 Å². The third-order valence-corrected chi connectivity index (χ3v) is 6.21. The molecule has 0 aliphatic heterocycles. The first-order valence-corrected chi connectivity index (χ1v) is 12.2. The quantitative estimate of drug-likeness (QED) is 0.298. The van der Waals surface area contributed by atoms with Crippen LogP contribution in [-0.2, 0) is 0 Å². The fourth-order valence-electron chi connectivity index (χ4n) is 4.44. The Labute approximate surface area is 174 Å². The van der Waals surface area contributed by atoms with Crippen LogP contribution in [0.25, 0.3) is 0 Å². The highest BCUT2D eigenvalue weighted by Gasteiger charge is 2.25. The summed E-state index contributed by atoms with van der Waals surface area (Å²) >= 11 is 0. The maximum atomic E-state index is 6.10. The first kappa shape index (κ1) is 23.1. The van der Waals surface area contributed by atoms with Crippen LogP contribution in [0.5, 0.6) is 11.5 Å². The van der Waals surface area contributed by atoms with Gasteiger partial charge in [-0.2, -0.15) is 0 Å². The summed E-state index contributed by atoms with van der Waals surface area (Å²) in [5, 5.41) is 0. The van der Waals surface area contributed by atoms with Gasteiger partial charge in [0.25, 0.3) is 0 Å². The van der Waals surface area contributed by atoms with Gasteiger partial charge in [-0.3, -0.25) is 0 Å². The fourth-order valence-corrected chi connectivity index (χ4v) is 4.44. The Morgan fingerprint density at radius 1 is 0.750 bits per heavy atom. The Morgan fingerprint density at radius 3 is 2.21 bits per heavy atom. The van der Waals surface area contributed by atoms with Crippen molar-refractivity contribution >= 4 is 0 Å². The average Bonchev–Trinajstić information content (AvgIpc) is 2.73. The highest BCUT2D eigenvalue weighted by molar-refractivity contribution is 5.42. The molecule has 0 atom stereocenters. The van der Waals surface area contributed by atoms with Crippen LogP contribution in [0.3, 0.4) is 0 Å². The molecule has 1 aromatic carbocycles. The molecule has 28 heavy (non-hydrogen) atoms. The van der Waals surface area contributed by atoms with E-state index in [-0.39, 0.29) is 0 Å². The van der Waals surface area contributed by atoms with Crippen molar-refractivity contribution in [3.05, 3.63) is 23.8 Å². The predicted octanol–water partition coefficient (Wildman–Crippen LogP) is 8.29. The van der Waals surface area contributed by atoms with Crippen molar-refractivity contribution < 1.29 is 9.47 Å². The number of unbranched alkanes of at least 4 members (excludes halogenated alkanes) is 5. The molecule has 0 saturated heterocycles. The monoisotopic (exact) mass is 388 g/mol. The number of hydrogen-bond donors (Lipinski definition) is 0. The van der Waals surface area contributed by atoms with Crippen molar-refractivity contribution in [1.29, 1.82) is 0 Å². The third-order valence-electron chi connectivity index (χ3n) is 6.21. The lowest BCUT2D eigenvalue weighted by atomic mass is 9.76. The molecule has 2 rings (SSSR count). The number of benzene rings is 1. The smallest absolute Gasteiger partial charge is 0.123 e. The maximum Gasteiger partial charge on any atom is 0.123 e. The Morgan fingerprint density at radius 2 is 1.50 bits per heavy atom. The van der Waals surface area contributed by atoms with Crippen LogP contribution in [0.4, 0.5) is 0 Å². The predicted molar refractivity (Wildman–Crippen MR) is 121 cm³/mol. The zero-order valence-electron chi connectivity index (χ0n) is 18.8. The molecule has 0 bridgehead atoms. The number of hydrogen-bond acceptors (Lipinski definition) is 2. The number of rotatable bonds is 14. The Bertz CT molecular complexity index is 517. The lowest BCUT2D eigenvalue weighted by Gasteiger charge is -2.30. The van der Waals surface area contributed by atoms with Crippen LogP contribution in [0.1, 0.15) is 116 Å². The summed E-state index contributed by atoms with van der Waals surface area (Å²) in [4.78, 5) is 0. The van der Waals surface area contributed by atoms with Crippen molar-refractivity contribution in [2.45, 2.75) is 110 Å². The first-order chi connectivity index (χ1) is 13.8. The molecule has 1 saturated carbocycles. The first-order valence-electron chi connectivity index (χ1n) is 12.2. The van der Waals surface area contributed by atoms with Crippen molar-refractivity contribution in [3.63, 3.8) is 0 Å². The van der Waals surface area contributed by atoms with Crippen LogP contribution in [0.15, 0.2) is 18.2 Å². The number of ether oxygens (including phenoxy) is 2. The molecule has 0 heterocycles. The van der Waals surface area contributed by atoms with Crippen LogP contribution < -0.4 is 9.47 Å². The van der Waals surface area contributed by atoms with Gasteiger partial charge in [0.1, 0.15) is 11.5 Å². The molecule has 0 aromatic heterocycles. The minimum Gasteiger partial charge on any atom is -0.494 e. The second-order valence-electron chi connectivity index (χ2n) is 8.67. The topological polar surface area (TPSA) is 18.5 Å². The minimum atomic E-state index is 0.637. The molecule has 2 heteroatoms. The average molecular weight is 389 g/mol. The molecule has 1 aliphatic carbocycles. The van der Waals surface area contributed by atoms with E-state index in [4.69, 9.17) is 9.47 Å². The van der Waals surface area contributed by atoms with Gasteiger partial charge in [0.2, 0.25) is 0 Å². The fraction of sp³-hybridized carbons (Fsp3) is 0.769. The van der Waals surface area contributed by atoms with Crippen molar-refractivity contribution in [2.75, 3.05) is 13.2 Å². The summed E-state index contributed by atoms with van der Waals surface area (Å²) in [5.41, 5.74) is 1.39. The van der Waals surface area contributed by atoms with Gasteiger partial charge >= 0.3 is 0 Å². The molecule has 0 unspecified atom stereocenters.